The van der Waals surface area contributed by atoms with Crippen LogP contribution in [0.2, 0.25) is 0 Å². The topological polar surface area (TPSA) is 12.0 Å². The summed E-state index contributed by atoms with van der Waals surface area (Å²) < 4.78 is 0. The Morgan fingerprint density at radius 2 is 1.94 bits per heavy atom. The van der Waals surface area contributed by atoms with Crippen molar-refractivity contribution in [2.45, 2.75) is 38.6 Å². The van der Waals surface area contributed by atoms with E-state index in [1.165, 1.54) is 36.3 Å². The molecular formula is C16H25NS. The van der Waals surface area contributed by atoms with E-state index in [0.717, 1.165) is 17.9 Å². The van der Waals surface area contributed by atoms with Crippen LogP contribution in [0.5, 0.6) is 0 Å². The van der Waals surface area contributed by atoms with E-state index < -0.39 is 0 Å². The molecule has 0 heterocycles. The minimum Gasteiger partial charge on any atom is -0.314 e. The summed E-state index contributed by atoms with van der Waals surface area (Å²) in [5.74, 6) is 2.85. The van der Waals surface area contributed by atoms with E-state index >= 15 is 0 Å². The smallest absolute Gasteiger partial charge is 0.00788 e. The highest BCUT2D eigenvalue weighted by Crippen LogP contribution is 2.36. The lowest BCUT2D eigenvalue weighted by molar-refractivity contribution is 0.282. The van der Waals surface area contributed by atoms with Crippen molar-refractivity contribution in [2.24, 2.45) is 5.92 Å². The van der Waals surface area contributed by atoms with Crippen molar-refractivity contribution in [3.63, 3.8) is 0 Å². The van der Waals surface area contributed by atoms with Crippen molar-refractivity contribution in [2.75, 3.05) is 18.6 Å². The second-order valence-electron chi connectivity index (χ2n) is 5.74. The normalized spacial score (nSPS) is 24.6. The fraction of sp³-hybridized carbons (Fsp3) is 0.625. The van der Waals surface area contributed by atoms with Crippen LogP contribution < -0.4 is 5.32 Å². The molecule has 1 aliphatic rings. The molecule has 0 saturated heterocycles. The number of aryl methyl sites for hydroxylation is 1. The molecule has 1 fully saturated rings. The molecule has 0 aromatic heterocycles. The zero-order valence-corrected chi connectivity index (χ0v) is 12.6. The Morgan fingerprint density at radius 3 is 2.56 bits per heavy atom. The SMILES string of the molecule is CSCC(C)CNC1CC(c2ccc(C)cc2)C1. The fourth-order valence-electron chi connectivity index (χ4n) is 2.61. The highest BCUT2D eigenvalue weighted by Gasteiger charge is 2.29. The van der Waals surface area contributed by atoms with Crippen LogP contribution in [-0.4, -0.2) is 24.6 Å². The largest absolute Gasteiger partial charge is 0.314 e. The van der Waals surface area contributed by atoms with E-state index in [4.69, 9.17) is 0 Å². The number of rotatable bonds is 6. The second-order valence-corrected chi connectivity index (χ2v) is 6.66. The van der Waals surface area contributed by atoms with Gasteiger partial charge in [0.05, 0.1) is 0 Å². The molecule has 1 aliphatic carbocycles. The molecule has 0 bridgehead atoms. The summed E-state index contributed by atoms with van der Waals surface area (Å²) in [5, 5.41) is 3.70. The number of thioether (sulfide) groups is 1. The van der Waals surface area contributed by atoms with Gasteiger partial charge in [-0.05, 0) is 55.7 Å². The van der Waals surface area contributed by atoms with Crippen LogP contribution in [0.4, 0.5) is 0 Å². The minimum absolute atomic E-state index is 0.751. The first kappa shape index (κ1) is 14.0. The van der Waals surface area contributed by atoms with Crippen molar-refractivity contribution in [3.8, 4) is 0 Å². The first-order valence-electron chi connectivity index (χ1n) is 6.98. The van der Waals surface area contributed by atoms with Gasteiger partial charge in [-0.3, -0.25) is 0 Å². The molecule has 1 saturated carbocycles. The molecule has 1 atom stereocenters. The Morgan fingerprint density at radius 1 is 1.28 bits per heavy atom. The fourth-order valence-corrected chi connectivity index (χ4v) is 3.29. The highest BCUT2D eigenvalue weighted by molar-refractivity contribution is 7.98. The molecule has 0 aliphatic heterocycles. The third-order valence-corrected chi connectivity index (χ3v) is 4.80. The third-order valence-electron chi connectivity index (χ3n) is 3.89. The molecule has 2 rings (SSSR count). The van der Waals surface area contributed by atoms with Crippen molar-refractivity contribution in [3.05, 3.63) is 35.4 Å². The summed E-state index contributed by atoms with van der Waals surface area (Å²) in [6.45, 7) is 5.66. The van der Waals surface area contributed by atoms with Gasteiger partial charge in [-0.15, -0.1) is 0 Å². The van der Waals surface area contributed by atoms with Crippen LogP contribution in [0.15, 0.2) is 24.3 Å². The standard InChI is InChI=1S/C16H25NS/c1-12-4-6-14(7-5-12)15-8-16(9-15)17-10-13(2)11-18-3/h4-7,13,15-17H,8-11H2,1-3H3. The van der Waals surface area contributed by atoms with Crippen LogP contribution in [0.1, 0.15) is 36.8 Å². The summed E-state index contributed by atoms with van der Waals surface area (Å²) in [4.78, 5) is 0. The van der Waals surface area contributed by atoms with E-state index in [-0.39, 0.29) is 0 Å². The summed E-state index contributed by atoms with van der Waals surface area (Å²) in [6, 6.07) is 9.81. The zero-order valence-electron chi connectivity index (χ0n) is 11.8. The van der Waals surface area contributed by atoms with Gasteiger partial charge in [0.2, 0.25) is 0 Å². The maximum Gasteiger partial charge on any atom is 0.00788 e. The average Bonchev–Trinajstić information content (AvgIpc) is 2.29. The van der Waals surface area contributed by atoms with E-state index in [1.807, 2.05) is 11.8 Å². The Balaban J connectivity index is 1.69. The monoisotopic (exact) mass is 263 g/mol. The quantitative estimate of drug-likeness (QED) is 0.837. The second kappa shape index (κ2) is 6.63. The van der Waals surface area contributed by atoms with Crippen LogP contribution in [0, 0.1) is 12.8 Å². The first-order valence-corrected chi connectivity index (χ1v) is 8.37. The van der Waals surface area contributed by atoms with Gasteiger partial charge in [0, 0.05) is 6.04 Å². The number of benzene rings is 1. The molecule has 1 nitrogen and oxygen atoms in total. The first-order chi connectivity index (χ1) is 8.69. The Bertz CT molecular complexity index is 354. The van der Waals surface area contributed by atoms with Gasteiger partial charge in [-0.25, -0.2) is 0 Å². The van der Waals surface area contributed by atoms with Gasteiger partial charge >= 0.3 is 0 Å². The Labute approximate surface area is 116 Å². The number of nitrogens with one attached hydrogen (secondary N) is 1. The molecule has 0 spiro atoms. The predicted molar refractivity (Wildman–Crippen MR) is 82.5 cm³/mol. The zero-order chi connectivity index (χ0) is 13.0. The van der Waals surface area contributed by atoms with Crippen LogP contribution >= 0.6 is 11.8 Å². The maximum atomic E-state index is 3.70. The highest BCUT2D eigenvalue weighted by atomic mass is 32.2. The molecule has 1 N–H and O–H groups in total. The molecular weight excluding hydrogens is 238 g/mol. The van der Waals surface area contributed by atoms with Crippen molar-refractivity contribution < 1.29 is 0 Å². The lowest BCUT2D eigenvalue weighted by Gasteiger charge is -2.37. The molecule has 1 aromatic rings. The average molecular weight is 263 g/mol. The lowest BCUT2D eigenvalue weighted by atomic mass is 9.75. The lowest BCUT2D eigenvalue weighted by Crippen LogP contribution is -2.42. The Kier molecular flexibility index (Phi) is 5.13. The van der Waals surface area contributed by atoms with Gasteiger partial charge in [0.25, 0.3) is 0 Å². The molecule has 1 unspecified atom stereocenters. The Hall–Kier alpha value is -0.470. The number of hydrogen-bond acceptors (Lipinski definition) is 2. The molecule has 0 radical (unpaired) electrons. The molecule has 1 aromatic carbocycles. The van der Waals surface area contributed by atoms with E-state index in [1.54, 1.807) is 0 Å². The van der Waals surface area contributed by atoms with Crippen molar-refractivity contribution >= 4 is 11.8 Å². The maximum absolute atomic E-state index is 3.70. The summed E-state index contributed by atoms with van der Waals surface area (Å²) in [5.41, 5.74) is 2.88. The van der Waals surface area contributed by atoms with Gasteiger partial charge in [0.1, 0.15) is 0 Å². The summed E-state index contributed by atoms with van der Waals surface area (Å²) in [6.07, 6.45) is 4.82. The molecule has 0 amide bonds. The van der Waals surface area contributed by atoms with Gasteiger partial charge < -0.3 is 5.32 Å². The number of hydrogen-bond donors (Lipinski definition) is 1. The van der Waals surface area contributed by atoms with E-state index in [9.17, 15) is 0 Å². The molecule has 18 heavy (non-hydrogen) atoms. The van der Waals surface area contributed by atoms with Gasteiger partial charge in [-0.1, -0.05) is 36.8 Å². The molecule has 2 heteroatoms. The van der Waals surface area contributed by atoms with Gasteiger partial charge in [0.15, 0.2) is 0 Å². The molecule has 100 valence electrons. The predicted octanol–water partition coefficient (Wildman–Crippen LogP) is 3.83. The van der Waals surface area contributed by atoms with Crippen LogP contribution in [0.25, 0.3) is 0 Å². The third kappa shape index (κ3) is 3.76. The summed E-state index contributed by atoms with van der Waals surface area (Å²) >= 11 is 1.95. The van der Waals surface area contributed by atoms with Gasteiger partial charge in [-0.2, -0.15) is 11.8 Å². The van der Waals surface area contributed by atoms with E-state index in [2.05, 4.69) is 49.7 Å². The van der Waals surface area contributed by atoms with Crippen molar-refractivity contribution in [1.29, 1.82) is 0 Å². The van der Waals surface area contributed by atoms with Crippen molar-refractivity contribution in [1.82, 2.24) is 5.32 Å². The minimum atomic E-state index is 0.751. The summed E-state index contributed by atoms with van der Waals surface area (Å²) in [7, 11) is 0. The van der Waals surface area contributed by atoms with E-state index in [0.29, 0.717) is 0 Å². The van der Waals surface area contributed by atoms with Crippen LogP contribution in [0.3, 0.4) is 0 Å². The van der Waals surface area contributed by atoms with Crippen LogP contribution in [-0.2, 0) is 0 Å².